The quantitative estimate of drug-likeness (QED) is 0.874. The summed E-state index contributed by atoms with van der Waals surface area (Å²) >= 11 is 0. The van der Waals surface area contributed by atoms with Crippen LogP contribution >= 0.6 is 0 Å². The van der Waals surface area contributed by atoms with E-state index in [2.05, 4.69) is 0 Å². The summed E-state index contributed by atoms with van der Waals surface area (Å²) < 4.78 is 10.6. The van der Waals surface area contributed by atoms with Crippen LogP contribution in [0.5, 0.6) is 5.75 Å². The van der Waals surface area contributed by atoms with Crippen LogP contribution in [0.15, 0.2) is 24.3 Å². The molecule has 1 amide bonds. The summed E-state index contributed by atoms with van der Waals surface area (Å²) in [6.45, 7) is 2.61. The molecule has 21 heavy (non-hydrogen) atoms. The van der Waals surface area contributed by atoms with Gasteiger partial charge in [0, 0.05) is 6.54 Å². The van der Waals surface area contributed by atoms with Crippen LogP contribution in [-0.2, 0) is 20.7 Å². The lowest BCUT2D eigenvalue weighted by Crippen LogP contribution is -2.49. The number of carbonyl (C=O) groups is 2. The number of carbonyl (C=O) groups excluding carboxylic acids is 1. The molecule has 1 aliphatic rings. The van der Waals surface area contributed by atoms with E-state index in [0.717, 1.165) is 12.0 Å². The van der Waals surface area contributed by atoms with Crippen LogP contribution in [0.25, 0.3) is 0 Å². The summed E-state index contributed by atoms with van der Waals surface area (Å²) in [6, 6.07) is 7.56. The second kappa shape index (κ2) is 7.08. The van der Waals surface area contributed by atoms with E-state index in [1.807, 2.05) is 31.2 Å². The van der Waals surface area contributed by atoms with Crippen molar-refractivity contribution in [1.29, 1.82) is 0 Å². The molecule has 1 atom stereocenters. The number of ether oxygens (including phenoxy) is 2. The van der Waals surface area contributed by atoms with Crippen LogP contribution in [-0.4, -0.2) is 54.3 Å². The van der Waals surface area contributed by atoms with Gasteiger partial charge >= 0.3 is 5.97 Å². The number of para-hydroxylation sites is 1. The number of hydrogen-bond acceptors (Lipinski definition) is 4. The van der Waals surface area contributed by atoms with Gasteiger partial charge in [-0.3, -0.25) is 4.79 Å². The lowest BCUT2D eigenvalue weighted by Gasteiger charge is -2.30. The van der Waals surface area contributed by atoms with Crippen molar-refractivity contribution in [3.63, 3.8) is 0 Å². The van der Waals surface area contributed by atoms with Gasteiger partial charge in [-0.15, -0.1) is 0 Å². The lowest BCUT2D eigenvalue weighted by atomic mass is 10.1. The topological polar surface area (TPSA) is 76.1 Å². The number of nitrogens with zero attached hydrogens (tertiary/aromatic N) is 1. The summed E-state index contributed by atoms with van der Waals surface area (Å²) in [5, 5.41) is 8.92. The van der Waals surface area contributed by atoms with Crippen molar-refractivity contribution in [3.8, 4) is 5.75 Å². The van der Waals surface area contributed by atoms with Gasteiger partial charge in [-0.2, -0.15) is 0 Å². The Balaban J connectivity index is 1.91. The SMILES string of the molecule is CCc1ccccc1OCC(=O)N1CCOC(C(=O)O)C1. The second-order valence-corrected chi connectivity index (χ2v) is 4.79. The molecule has 6 nitrogen and oxygen atoms in total. The van der Waals surface area contributed by atoms with Crippen molar-refractivity contribution in [3.05, 3.63) is 29.8 Å². The minimum absolute atomic E-state index is 0.0625. The minimum Gasteiger partial charge on any atom is -0.483 e. The summed E-state index contributed by atoms with van der Waals surface area (Å²) in [6.07, 6.45) is -0.131. The van der Waals surface area contributed by atoms with Crippen molar-refractivity contribution in [2.45, 2.75) is 19.4 Å². The Bertz CT molecular complexity index is 517. The first-order chi connectivity index (χ1) is 10.1. The monoisotopic (exact) mass is 293 g/mol. The predicted octanol–water partition coefficient (Wildman–Crippen LogP) is 0.940. The van der Waals surface area contributed by atoms with Crippen LogP contribution in [0.1, 0.15) is 12.5 Å². The Labute approximate surface area is 123 Å². The van der Waals surface area contributed by atoms with Crippen LogP contribution in [0.4, 0.5) is 0 Å². The van der Waals surface area contributed by atoms with Crippen molar-refractivity contribution in [2.24, 2.45) is 0 Å². The van der Waals surface area contributed by atoms with Crippen molar-refractivity contribution >= 4 is 11.9 Å². The number of carboxylic acids is 1. The second-order valence-electron chi connectivity index (χ2n) is 4.79. The van der Waals surface area contributed by atoms with E-state index >= 15 is 0 Å². The summed E-state index contributed by atoms with van der Waals surface area (Å²) in [7, 11) is 0. The first-order valence-corrected chi connectivity index (χ1v) is 6.94. The summed E-state index contributed by atoms with van der Waals surface area (Å²) in [5.74, 6) is -0.586. The fraction of sp³-hybridized carbons (Fsp3) is 0.467. The lowest BCUT2D eigenvalue weighted by molar-refractivity contribution is -0.159. The van der Waals surface area contributed by atoms with Gasteiger partial charge in [0.2, 0.25) is 0 Å². The van der Waals surface area contributed by atoms with Crippen LogP contribution < -0.4 is 4.74 Å². The van der Waals surface area contributed by atoms with Gasteiger partial charge < -0.3 is 19.5 Å². The molecule has 1 N–H and O–H groups in total. The minimum atomic E-state index is -1.05. The highest BCUT2D eigenvalue weighted by Crippen LogP contribution is 2.18. The number of aryl methyl sites for hydroxylation is 1. The third kappa shape index (κ3) is 3.95. The Morgan fingerprint density at radius 2 is 2.19 bits per heavy atom. The molecule has 1 unspecified atom stereocenters. The molecule has 1 aromatic carbocycles. The molecule has 0 spiro atoms. The maximum atomic E-state index is 12.1. The van der Waals surface area contributed by atoms with Crippen molar-refractivity contribution in [1.82, 2.24) is 4.90 Å². The third-order valence-corrected chi connectivity index (χ3v) is 3.40. The smallest absolute Gasteiger partial charge is 0.334 e. The first-order valence-electron chi connectivity index (χ1n) is 6.94. The van der Waals surface area contributed by atoms with Crippen LogP contribution in [0.2, 0.25) is 0 Å². The molecule has 2 rings (SSSR count). The molecular formula is C15H19NO5. The zero-order valence-corrected chi connectivity index (χ0v) is 11.9. The molecule has 1 saturated heterocycles. The van der Waals surface area contributed by atoms with Crippen LogP contribution in [0.3, 0.4) is 0 Å². The largest absolute Gasteiger partial charge is 0.483 e. The molecule has 0 bridgehead atoms. The van der Waals surface area contributed by atoms with Crippen molar-refractivity contribution < 1.29 is 24.2 Å². The molecule has 1 aliphatic heterocycles. The average Bonchev–Trinajstić information content (AvgIpc) is 2.52. The van der Waals surface area contributed by atoms with Gasteiger partial charge in [0.25, 0.3) is 5.91 Å². The van der Waals surface area contributed by atoms with E-state index in [9.17, 15) is 9.59 Å². The molecule has 0 aliphatic carbocycles. The molecular weight excluding hydrogens is 274 g/mol. The number of amides is 1. The molecule has 6 heteroatoms. The number of morpholine rings is 1. The fourth-order valence-electron chi connectivity index (χ4n) is 2.19. The van der Waals surface area contributed by atoms with E-state index in [0.29, 0.717) is 12.3 Å². The third-order valence-electron chi connectivity index (χ3n) is 3.40. The van der Waals surface area contributed by atoms with Gasteiger partial charge in [0.15, 0.2) is 12.7 Å². The number of carboxylic acid groups (broad SMARTS) is 1. The zero-order valence-electron chi connectivity index (χ0n) is 11.9. The predicted molar refractivity (Wildman–Crippen MR) is 75.3 cm³/mol. The highest BCUT2D eigenvalue weighted by Gasteiger charge is 2.29. The van der Waals surface area contributed by atoms with Gasteiger partial charge in [0.05, 0.1) is 13.2 Å². The Morgan fingerprint density at radius 1 is 1.43 bits per heavy atom. The standard InChI is InChI=1S/C15H19NO5/c1-2-11-5-3-4-6-12(11)21-10-14(17)16-7-8-20-13(9-16)15(18)19/h3-6,13H,2,7-10H2,1H3,(H,18,19). The maximum absolute atomic E-state index is 12.1. The average molecular weight is 293 g/mol. The van der Waals surface area contributed by atoms with Crippen LogP contribution in [0, 0.1) is 0 Å². The number of aliphatic carboxylic acids is 1. The van der Waals surface area contributed by atoms with E-state index in [1.54, 1.807) is 0 Å². The molecule has 0 saturated carbocycles. The molecule has 0 aromatic heterocycles. The molecule has 1 aromatic rings. The highest BCUT2D eigenvalue weighted by atomic mass is 16.5. The van der Waals surface area contributed by atoms with E-state index in [-0.39, 0.29) is 25.7 Å². The normalized spacial score (nSPS) is 18.3. The zero-order chi connectivity index (χ0) is 15.2. The van der Waals surface area contributed by atoms with E-state index in [1.165, 1.54) is 4.90 Å². The van der Waals surface area contributed by atoms with Crippen molar-refractivity contribution in [2.75, 3.05) is 26.3 Å². The van der Waals surface area contributed by atoms with E-state index in [4.69, 9.17) is 14.6 Å². The highest BCUT2D eigenvalue weighted by molar-refractivity contribution is 5.79. The summed E-state index contributed by atoms with van der Waals surface area (Å²) in [4.78, 5) is 24.5. The first kappa shape index (κ1) is 15.3. The Kier molecular flexibility index (Phi) is 5.16. The van der Waals surface area contributed by atoms with E-state index < -0.39 is 12.1 Å². The number of hydrogen-bond donors (Lipinski definition) is 1. The maximum Gasteiger partial charge on any atom is 0.334 e. The molecule has 1 fully saturated rings. The molecule has 0 radical (unpaired) electrons. The van der Waals surface area contributed by atoms with Gasteiger partial charge in [-0.1, -0.05) is 25.1 Å². The Hall–Kier alpha value is -2.08. The number of benzene rings is 1. The van der Waals surface area contributed by atoms with Gasteiger partial charge in [-0.05, 0) is 18.1 Å². The van der Waals surface area contributed by atoms with Gasteiger partial charge in [0.1, 0.15) is 5.75 Å². The fourth-order valence-corrected chi connectivity index (χ4v) is 2.19. The summed E-state index contributed by atoms with van der Waals surface area (Å²) in [5.41, 5.74) is 1.04. The molecule has 1 heterocycles. The number of rotatable bonds is 5. The molecule has 114 valence electrons. The Morgan fingerprint density at radius 3 is 2.90 bits per heavy atom. The van der Waals surface area contributed by atoms with Gasteiger partial charge in [-0.25, -0.2) is 4.79 Å².